The highest BCUT2D eigenvalue weighted by Gasteiger charge is 2.27. The third-order valence-corrected chi connectivity index (χ3v) is 6.01. The molecule has 1 amide bonds. The minimum absolute atomic E-state index is 0.0695. The molecule has 0 bridgehead atoms. The van der Waals surface area contributed by atoms with Crippen LogP contribution in [0, 0.1) is 23.6 Å². The molecular formula is C21H31FN2O2. The van der Waals surface area contributed by atoms with Gasteiger partial charge in [0.2, 0.25) is 5.91 Å². The van der Waals surface area contributed by atoms with Gasteiger partial charge in [0.15, 0.2) is 0 Å². The van der Waals surface area contributed by atoms with Crippen LogP contribution >= 0.6 is 0 Å². The average Bonchev–Trinajstić information content (AvgIpc) is 2.69. The molecule has 1 atom stereocenters. The third kappa shape index (κ3) is 5.27. The van der Waals surface area contributed by atoms with Gasteiger partial charge in [-0.2, -0.15) is 0 Å². The second-order valence-electron chi connectivity index (χ2n) is 7.79. The first-order chi connectivity index (χ1) is 12.6. The van der Waals surface area contributed by atoms with E-state index in [0.717, 1.165) is 64.1 Å². The number of likely N-dealkylation sites (tertiary alicyclic amines) is 1. The molecule has 1 aromatic carbocycles. The Morgan fingerprint density at radius 1 is 1.23 bits per heavy atom. The van der Waals surface area contributed by atoms with E-state index in [9.17, 15) is 9.18 Å². The first-order valence-corrected chi connectivity index (χ1v) is 9.94. The van der Waals surface area contributed by atoms with Crippen molar-refractivity contribution in [3.8, 4) is 0 Å². The normalized spacial score (nSPS) is 21.5. The maximum absolute atomic E-state index is 13.8. The van der Waals surface area contributed by atoms with E-state index >= 15 is 0 Å². The lowest BCUT2D eigenvalue weighted by molar-refractivity contribution is -0.127. The number of benzene rings is 1. The predicted octanol–water partition coefficient (Wildman–Crippen LogP) is 3.22. The van der Waals surface area contributed by atoms with Gasteiger partial charge in [-0.05, 0) is 56.7 Å². The van der Waals surface area contributed by atoms with Gasteiger partial charge in [-0.25, -0.2) is 4.39 Å². The number of halogens is 1. The standard InChI is InChI=1S/C21H31FN2O2/c1-16(18-8-12-26-13-9-18)21(25)23-14-17-6-10-24(11-7-17)15-19-4-2-3-5-20(19)22/h2-5,16-18H,6-15H2,1H3,(H,23,25). The monoisotopic (exact) mass is 362 g/mol. The fraction of sp³-hybridized carbons (Fsp3) is 0.667. The lowest BCUT2D eigenvalue weighted by Gasteiger charge is -2.33. The summed E-state index contributed by atoms with van der Waals surface area (Å²) in [4.78, 5) is 14.7. The molecule has 0 saturated carbocycles. The topological polar surface area (TPSA) is 41.6 Å². The molecular weight excluding hydrogens is 331 g/mol. The maximum Gasteiger partial charge on any atom is 0.223 e. The molecule has 2 fully saturated rings. The van der Waals surface area contributed by atoms with Crippen LogP contribution in [0.15, 0.2) is 24.3 Å². The number of amides is 1. The van der Waals surface area contributed by atoms with E-state index in [1.807, 2.05) is 19.1 Å². The minimum Gasteiger partial charge on any atom is -0.381 e. The number of rotatable bonds is 6. The second kappa shape index (κ2) is 9.47. The molecule has 2 heterocycles. The number of carbonyl (C=O) groups is 1. The molecule has 2 aliphatic rings. The summed E-state index contributed by atoms with van der Waals surface area (Å²) in [6, 6.07) is 7.01. The van der Waals surface area contributed by atoms with Crippen molar-refractivity contribution < 1.29 is 13.9 Å². The molecule has 144 valence electrons. The number of nitrogens with zero attached hydrogens (tertiary/aromatic N) is 1. The Kier molecular flexibility index (Phi) is 7.03. The van der Waals surface area contributed by atoms with E-state index < -0.39 is 0 Å². The van der Waals surface area contributed by atoms with Crippen molar-refractivity contribution in [3.63, 3.8) is 0 Å². The Morgan fingerprint density at radius 2 is 1.92 bits per heavy atom. The van der Waals surface area contributed by atoms with E-state index in [1.54, 1.807) is 6.07 Å². The highest BCUT2D eigenvalue weighted by Crippen LogP contribution is 2.24. The number of ether oxygens (including phenoxy) is 1. The molecule has 0 spiro atoms. The molecule has 1 unspecified atom stereocenters. The molecule has 2 aliphatic heterocycles. The largest absolute Gasteiger partial charge is 0.381 e. The van der Waals surface area contributed by atoms with Crippen LogP contribution in [0.25, 0.3) is 0 Å². The Hall–Kier alpha value is -1.46. The summed E-state index contributed by atoms with van der Waals surface area (Å²) in [5, 5.41) is 3.16. The van der Waals surface area contributed by atoms with Crippen molar-refractivity contribution in [2.75, 3.05) is 32.8 Å². The van der Waals surface area contributed by atoms with Crippen LogP contribution < -0.4 is 5.32 Å². The van der Waals surface area contributed by atoms with Crippen LogP contribution in [0.2, 0.25) is 0 Å². The molecule has 5 heteroatoms. The van der Waals surface area contributed by atoms with E-state index in [4.69, 9.17) is 4.74 Å². The van der Waals surface area contributed by atoms with Gasteiger partial charge in [0, 0.05) is 37.8 Å². The zero-order chi connectivity index (χ0) is 18.4. The zero-order valence-electron chi connectivity index (χ0n) is 15.8. The average molecular weight is 362 g/mol. The second-order valence-corrected chi connectivity index (χ2v) is 7.79. The van der Waals surface area contributed by atoms with Crippen LogP contribution in [0.5, 0.6) is 0 Å². The number of hydrogen-bond donors (Lipinski definition) is 1. The minimum atomic E-state index is -0.121. The Labute approximate surface area is 156 Å². The van der Waals surface area contributed by atoms with E-state index in [2.05, 4.69) is 10.2 Å². The number of carbonyl (C=O) groups excluding carboxylic acids is 1. The van der Waals surface area contributed by atoms with Gasteiger partial charge in [0.1, 0.15) is 5.82 Å². The van der Waals surface area contributed by atoms with Gasteiger partial charge in [-0.15, -0.1) is 0 Å². The third-order valence-electron chi connectivity index (χ3n) is 6.01. The van der Waals surface area contributed by atoms with E-state index in [0.29, 0.717) is 18.4 Å². The first-order valence-electron chi connectivity index (χ1n) is 9.94. The predicted molar refractivity (Wildman–Crippen MR) is 100 cm³/mol. The van der Waals surface area contributed by atoms with Gasteiger partial charge in [-0.1, -0.05) is 25.1 Å². The first kappa shape index (κ1) is 19.3. The number of nitrogens with one attached hydrogen (secondary N) is 1. The molecule has 0 aliphatic carbocycles. The summed E-state index contributed by atoms with van der Waals surface area (Å²) in [5.41, 5.74) is 0.768. The Morgan fingerprint density at radius 3 is 2.62 bits per heavy atom. The van der Waals surface area contributed by atoms with E-state index in [-0.39, 0.29) is 17.6 Å². The highest BCUT2D eigenvalue weighted by molar-refractivity contribution is 5.78. The smallest absolute Gasteiger partial charge is 0.223 e. The van der Waals surface area contributed by atoms with Gasteiger partial charge in [0.05, 0.1) is 0 Å². The summed E-state index contributed by atoms with van der Waals surface area (Å²) >= 11 is 0. The number of hydrogen-bond acceptors (Lipinski definition) is 3. The summed E-state index contributed by atoms with van der Waals surface area (Å²) in [6.45, 7) is 6.97. The van der Waals surface area contributed by atoms with Gasteiger partial charge in [-0.3, -0.25) is 9.69 Å². The Bertz CT molecular complexity index is 581. The summed E-state index contributed by atoms with van der Waals surface area (Å²) in [5.74, 6) is 1.11. The number of piperidine rings is 1. The van der Waals surface area contributed by atoms with Crippen molar-refractivity contribution in [2.24, 2.45) is 17.8 Å². The molecule has 26 heavy (non-hydrogen) atoms. The SMILES string of the molecule is CC(C(=O)NCC1CCN(Cc2ccccc2F)CC1)C1CCOCC1. The van der Waals surface area contributed by atoms with Crippen LogP contribution in [0.4, 0.5) is 4.39 Å². The quantitative estimate of drug-likeness (QED) is 0.845. The Balaban J connectivity index is 1.37. The summed E-state index contributed by atoms with van der Waals surface area (Å²) < 4.78 is 19.2. The van der Waals surface area contributed by atoms with Crippen LogP contribution in [0.1, 0.15) is 38.2 Å². The molecule has 2 saturated heterocycles. The lowest BCUT2D eigenvalue weighted by atomic mass is 9.86. The van der Waals surface area contributed by atoms with Gasteiger partial charge in [0.25, 0.3) is 0 Å². The van der Waals surface area contributed by atoms with Crippen molar-refractivity contribution in [1.82, 2.24) is 10.2 Å². The molecule has 3 rings (SSSR count). The summed E-state index contributed by atoms with van der Waals surface area (Å²) in [7, 11) is 0. The van der Waals surface area contributed by atoms with Crippen molar-refractivity contribution in [1.29, 1.82) is 0 Å². The van der Waals surface area contributed by atoms with Crippen LogP contribution in [-0.4, -0.2) is 43.7 Å². The lowest BCUT2D eigenvalue weighted by Crippen LogP contribution is -2.41. The van der Waals surface area contributed by atoms with Crippen molar-refractivity contribution >= 4 is 5.91 Å². The summed E-state index contributed by atoms with van der Waals surface area (Å²) in [6.07, 6.45) is 4.09. The molecule has 1 N–H and O–H groups in total. The molecule has 4 nitrogen and oxygen atoms in total. The molecule has 0 radical (unpaired) electrons. The van der Waals surface area contributed by atoms with Gasteiger partial charge >= 0.3 is 0 Å². The van der Waals surface area contributed by atoms with Crippen molar-refractivity contribution in [2.45, 2.75) is 39.2 Å². The fourth-order valence-electron chi connectivity index (χ4n) is 4.05. The molecule has 0 aromatic heterocycles. The van der Waals surface area contributed by atoms with E-state index in [1.165, 1.54) is 6.07 Å². The molecule has 1 aromatic rings. The maximum atomic E-state index is 13.8. The highest BCUT2D eigenvalue weighted by atomic mass is 19.1. The van der Waals surface area contributed by atoms with Crippen molar-refractivity contribution in [3.05, 3.63) is 35.6 Å². The zero-order valence-corrected chi connectivity index (χ0v) is 15.8. The fourth-order valence-corrected chi connectivity index (χ4v) is 4.05. The van der Waals surface area contributed by atoms with Crippen LogP contribution in [-0.2, 0) is 16.1 Å². The van der Waals surface area contributed by atoms with Crippen LogP contribution in [0.3, 0.4) is 0 Å². The van der Waals surface area contributed by atoms with Gasteiger partial charge < -0.3 is 10.1 Å².